The minimum atomic E-state index is -5.41. The standard InChI is InChI=1S/2C6H15N.C6H13O9P/c2*1-4-7(5-2)6-3;7-1-2-3(8)4(9)5(10)6(14-2)15-16(11,12)13/h2*4-6H2,1-3H3;2-10H,1H2,(H2,11,12,13)/t;;2-,3+,4+,5-,6?/m..1/s1. The van der Waals surface area contributed by atoms with Crippen molar-refractivity contribution in [2.45, 2.75) is 72.2 Å². The molecule has 1 unspecified atom stereocenters. The quantitative estimate of drug-likeness (QED) is 0.185. The summed E-state index contributed by atoms with van der Waals surface area (Å²) in [6.45, 7) is 20.2. The van der Waals surface area contributed by atoms with Crippen LogP contribution in [0.1, 0.15) is 41.5 Å². The van der Waals surface area contributed by atoms with E-state index in [0.29, 0.717) is 0 Å². The molecule has 5 atom stereocenters. The van der Waals surface area contributed by atoms with Crippen molar-refractivity contribution >= 4 is 7.82 Å². The number of ether oxygens (including phenoxy) is 1. The first-order valence-electron chi connectivity index (χ1n) is 10.6. The Kier molecular flexibility index (Phi) is 18.6. The predicted molar refractivity (Wildman–Crippen MR) is 108 cm³/mol. The molecule has 0 bridgehead atoms. The van der Waals surface area contributed by atoms with Gasteiger partial charge in [-0.05, 0) is 41.5 Å². The maximum absolute atomic E-state index is 10.3. The molecule has 0 aromatic carbocycles. The average Bonchev–Trinajstić information content (AvgIpc) is 2.71. The molecule has 12 heteroatoms. The molecule has 184 valence electrons. The van der Waals surface area contributed by atoms with Gasteiger partial charge in [0.1, 0.15) is 24.4 Å². The van der Waals surface area contributed by atoms with Gasteiger partial charge < -0.3 is 53.8 Å². The second-order valence-electron chi connectivity index (χ2n) is 6.87. The summed E-state index contributed by atoms with van der Waals surface area (Å²) in [6.07, 6.45) is -8.61. The molecule has 1 fully saturated rings. The molecule has 1 aliphatic heterocycles. The normalized spacial score (nSPS) is 26.7. The van der Waals surface area contributed by atoms with Crippen molar-refractivity contribution in [2.24, 2.45) is 0 Å². The van der Waals surface area contributed by atoms with Gasteiger partial charge in [-0.2, -0.15) is 0 Å². The maximum Gasteiger partial charge on any atom is 0.191 e. The van der Waals surface area contributed by atoms with Crippen LogP contribution in [-0.2, 0) is 13.8 Å². The van der Waals surface area contributed by atoms with Crippen LogP contribution < -0.4 is 19.6 Å². The highest BCUT2D eigenvalue weighted by molar-refractivity contribution is 7.43. The molecular weight excluding hydrogens is 419 g/mol. The molecule has 1 aliphatic rings. The van der Waals surface area contributed by atoms with E-state index in [1.165, 1.54) is 39.3 Å². The van der Waals surface area contributed by atoms with Crippen LogP contribution in [0.4, 0.5) is 0 Å². The van der Waals surface area contributed by atoms with Gasteiger partial charge in [0, 0.05) is 0 Å². The Bertz CT molecular complexity index is 422. The lowest BCUT2D eigenvalue weighted by molar-refractivity contribution is -0.894. The van der Waals surface area contributed by atoms with Crippen molar-refractivity contribution in [1.82, 2.24) is 0 Å². The molecule has 0 spiro atoms. The topological polar surface area (TPSA) is 171 Å². The van der Waals surface area contributed by atoms with Crippen molar-refractivity contribution in [3.63, 3.8) is 0 Å². The highest BCUT2D eigenvalue weighted by atomic mass is 31.2. The van der Waals surface area contributed by atoms with Gasteiger partial charge >= 0.3 is 0 Å². The van der Waals surface area contributed by atoms with Gasteiger partial charge in [0.15, 0.2) is 6.29 Å². The summed E-state index contributed by atoms with van der Waals surface area (Å²) in [5, 5.41) is 36.5. The zero-order valence-corrected chi connectivity index (χ0v) is 20.0. The Morgan fingerprint density at radius 1 is 0.800 bits per heavy atom. The van der Waals surface area contributed by atoms with Crippen molar-refractivity contribution in [1.29, 1.82) is 0 Å². The Balaban J connectivity index is 0. The lowest BCUT2D eigenvalue weighted by Crippen LogP contribution is -3.11. The second kappa shape index (κ2) is 17.4. The number of nitrogens with one attached hydrogen (secondary N) is 2. The van der Waals surface area contributed by atoms with Gasteiger partial charge in [0.2, 0.25) is 0 Å². The van der Waals surface area contributed by atoms with E-state index < -0.39 is 45.1 Å². The number of aliphatic hydroxyl groups excluding tert-OH is 4. The summed E-state index contributed by atoms with van der Waals surface area (Å²) in [5.74, 6) is 0. The second-order valence-corrected chi connectivity index (χ2v) is 7.98. The van der Waals surface area contributed by atoms with E-state index >= 15 is 0 Å². The van der Waals surface area contributed by atoms with Crippen LogP contribution in [-0.4, -0.2) is 97.0 Å². The van der Waals surface area contributed by atoms with Crippen LogP contribution in [0.25, 0.3) is 0 Å². The minimum absolute atomic E-state index is 0.743. The van der Waals surface area contributed by atoms with E-state index in [1.807, 2.05) is 0 Å². The number of quaternary nitrogens is 2. The third-order valence-electron chi connectivity index (χ3n) is 5.08. The monoisotopic (exact) mass is 462 g/mol. The summed E-state index contributed by atoms with van der Waals surface area (Å²) in [7, 11) is -5.41. The van der Waals surface area contributed by atoms with Gasteiger partial charge in [-0.3, -0.25) is 0 Å². The average molecular weight is 463 g/mol. The van der Waals surface area contributed by atoms with Gasteiger partial charge in [0.25, 0.3) is 0 Å². The Hall–Kier alpha value is -0.170. The van der Waals surface area contributed by atoms with Crippen molar-refractivity contribution in [3.8, 4) is 0 Å². The third-order valence-corrected chi connectivity index (χ3v) is 5.55. The molecule has 0 radical (unpaired) electrons. The van der Waals surface area contributed by atoms with Gasteiger partial charge in [0.05, 0.1) is 53.7 Å². The van der Waals surface area contributed by atoms with Gasteiger partial charge in [-0.25, -0.2) is 0 Å². The smallest absolute Gasteiger partial charge is 0.191 e. The van der Waals surface area contributed by atoms with Crippen LogP contribution >= 0.6 is 7.82 Å². The number of hydrogen-bond acceptors (Lipinski definition) is 9. The summed E-state index contributed by atoms with van der Waals surface area (Å²) in [4.78, 5) is 23.9. The van der Waals surface area contributed by atoms with Crippen LogP contribution in [0.5, 0.6) is 0 Å². The number of hydrogen-bond donors (Lipinski definition) is 6. The molecule has 11 nitrogen and oxygen atoms in total. The molecule has 30 heavy (non-hydrogen) atoms. The SMILES string of the molecule is CC[NH+](CC)CC.CC[NH+](CC)CC.O=P([O-])([O-])OC1O[C@H](CO)[C@H](O)[C@H](O)[C@H]1O. The molecule has 1 saturated heterocycles. The van der Waals surface area contributed by atoms with E-state index in [1.54, 1.807) is 9.80 Å². The highest BCUT2D eigenvalue weighted by Crippen LogP contribution is 2.33. The number of phosphoric acid groups is 1. The molecule has 0 saturated carbocycles. The highest BCUT2D eigenvalue weighted by Gasteiger charge is 2.44. The van der Waals surface area contributed by atoms with Gasteiger partial charge in [-0.15, -0.1) is 0 Å². The Morgan fingerprint density at radius 2 is 1.17 bits per heavy atom. The fourth-order valence-corrected chi connectivity index (χ4v) is 3.21. The van der Waals surface area contributed by atoms with Crippen molar-refractivity contribution in [3.05, 3.63) is 0 Å². The minimum Gasteiger partial charge on any atom is -0.790 e. The first kappa shape index (κ1) is 32.0. The largest absolute Gasteiger partial charge is 0.790 e. The van der Waals surface area contributed by atoms with Crippen molar-refractivity contribution < 1.29 is 53.8 Å². The number of aliphatic hydroxyl groups is 4. The summed E-state index contributed by atoms with van der Waals surface area (Å²) < 4.78 is 18.7. The van der Waals surface area contributed by atoms with E-state index in [9.17, 15) is 29.7 Å². The first-order valence-corrected chi connectivity index (χ1v) is 12.1. The molecule has 0 aliphatic carbocycles. The fourth-order valence-electron chi connectivity index (χ4n) is 2.78. The van der Waals surface area contributed by atoms with Crippen LogP contribution in [0, 0.1) is 0 Å². The molecular formula is C18H43N2O9P. The Morgan fingerprint density at radius 3 is 1.40 bits per heavy atom. The third kappa shape index (κ3) is 13.3. The molecule has 0 aromatic heterocycles. The predicted octanol–water partition coefficient (Wildman–Crippen LogP) is -4.51. The molecule has 1 heterocycles. The summed E-state index contributed by atoms with van der Waals surface area (Å²) >= 11 is 0. The fraction of sp³-hybridized carbons (Fsp3) is 1.00. The van der Waals surface area contributed by atoms with E-state index in [4.69, 9.17) is 5.11 Å². The summed E-state index contributed by atoms with van der Waals surface area (Å²) in [6, 6.07) is 0. The molecule has 1 rings (SSSR count). The lowest BCUT2D eigenvalue weighted by Gasteiger charge is -2.43. The molecule has 0 aromatic rings. The number of phosphoric ester groups is 1. The van der Waals surface area contributed by atoms with Gasteiger partial charge in [-0.1, -0.05) is 0 Å². The number of rotatable bonds is 9. The van der Waals surface area contributed by atoms with Crippen LogP contribution in [0.15, 0.2) is 0 Å². The molecule has 0 amide bonds. The van der Waals surface area contributed by atoms with Crippen LogP contribution in [0.2, 0.25) is 0 Å². The summed E-state index contributed by atoms with van der Waals surface area (Å²) in [5.41, 5.74) is 0. The van der Waals surface area contributed by atoms with E-state index in [-0.39, 0.29) is 0 Å². The molecule has 6 N–H and O–H groups in total. The van der Waals surface area contributed by atoms with Crippen LogP contribution in [0.3, 0.4) is 0 Å². The lowest BCUT2D eigenvalue weighted by atomic mass is 10.00. The van der Waals surface area contributed by atoms with Crippen molar-refractivity contribution in [2.75, 3.05) is 45.9 Å². The first-order chi connectivity index (χ1) is 14.0. The van der Waals surface area contributed by atoms with E-state index in [2.05, 4.69) is 50.8 Å². The van der Waals surface area contributed by atoms with E-state index in [0.717, 1.165) is 0 Å². The maximum atomic E-state index is 10.3. The Labute approximate surface area is 180 Å². The zero-order valence-electron chi connectivity index (χ0n) is 19.1. The zero-order chi connectivity index (χ0) is 23.9.